The first kappa shape index (κ1) is 19.9. The fourth-order valence-corrected chi connectivity index (χ4v) is 2.54. The summed E-state index contributed by atoms with van der Waals surface area (Å²) in [6.07, 6.45) is 2.61. The average molecular weight is 373 g/mol. The van der Waals surface area contributed by atoms with Crippen LogP contribution in [0, 0.1) is 0 Å². The summed E-state index contributed by atoms with van der Waals surface area (Å²) in [5.41, 5.74) is 2.32. The van der Waals surface area contributed by atoms with E-state index in [1.54, 1.807) is 12.1 Å². The van der Waals surface area contributed by atoms with Crippen molar-refractivity contribution in [3.05, 3.63) is 76.3 Å². The van der Waals surface area contributed by atoms with Gasteiger partial charge in [-0.3, -0.25) is 0 Å². The lowest BCUT2D eigenvalue weighted by Crippen LogP contribution is -2.16. The molecule has 0 aliphatic heterocycles. The Morgan fingerprint density at radius 2 is 1.83 bits per heavy atom. The molecule has 0 saturated carbocycles. The Morgan fingerprint density at radius 1 is 1.09 bits per heavy atom. The monoisotopic (exact) mass is 371 g/mol. The lowest BCUT2D eigenvalue weighted by Gasteiger charge is -2.08. The van der Waals surface area contributed by atoms with Gasteiger partial charge in [0.2, 0.25) is 0 Å². The van der Waals surface area contributed by atoms with Crippen LogP contribution in [0.5, 0.6) is 5.75 Å². The van der Waals surface area contributed by atoms with E-state index in [1.807, 2.05) is 24.3 Å². The SMILES string of the molecule is C=CCOc1ccc(CNCCc2ccc(Cl)cc2Cl)cc1.Cl. The molecule has 0 spiro atoms. The van der Waals surface area contributed by atoms with E-state index < -0.39 is 0 Å². The Hall–Kier alpha value is -1.19. The van der Waals surface area contributed by atoms with Crippen LogP contribution >= 0.6 is 35.6 Å². The van der Waals surface area contributed by atoms with Gasteiger partial charge in [-0.05, 0) is 48.4 Å². The molecule has 2 aromatic rings. The van der Waals surface area contributed by atoms with Crippen LogP contribution in [-0.2, 0) is 13.0 Å². The van der Waals surface area contributed by atoms with Gasteiger partial charge < -0.3 is 10.1 Å². The van der Waals surface area contributed by atoms with Gasteiger partial charge in [-0.15, -0.1) is 12.4 Å². The fourth-order valence-electron chi connectivity index (χ4n) is 2.04. The number of nitrogens with one attached hydrogen (secondary N) is 1. The van der Waals surface area contributed by atoms with Crippen LogP contribution in [0.2, 0.25) is 10.0 Å². The molecule has 0 aliphatic carbocycles. The third-order valence-corrected chi connectivity index (χ3v) is 3.79. The largest absolute Gasteiger partial charge is 0.490 e. The summed E-state index contributed by atoms with van der Waals surface area (Å²) in [5, 5.41) is 4.79. The summed E-state index contributed by atoms with van der Waals surface area (Å²) in [4.78, 5) is 0. The molecule has 0 saturated heterocycles. The number of ether oxygens (including phenoxy) is 1. The Kier molecular flexibility index (Phi) is 9.12. The molecule has 23 heavy (non-hydrogen) atoms. The number of halogens is 3. The molecule has 0 fully saturated rings. The van der Waals surface area contributed by atoms with Crippen molar-refractivity contribution in [2.24, 2.45) is 0 Å². The molecule has 0 aromatic heterocycles. The predicted octanol–water partition coefficient (Wildman–Crippen LogP) is 5.31. The van der Waals surface area contributed by atoms with Crippen molar-refractivity contribution < 1.29 is 4.74 Å². The molecule has 0 amide bonds. The Bertz CT molecular complexity index is 614. The van der Waals surface area contributed by atoms with Crippen molar-refractivity contribution in [2.45, 2.75) is 13.0 Å². The smallest absolute Gasteiger partial charge is 0.119 e. The van der Waals surface area contributed by atoms with Gasteiger partial charge in [0.05, 0.1) is 0 Å². The zero-order valence-electron chi connectivity index (χ0n) is 12.7. The van der Waals surface area contributed by atoms with E-state index in [1.165, 1.54) is 5.56 Å². The zero-order valence-corrected chi connectivity index (χ0v) is 15.1. The summed E-state index contributed by atoms with van der Waals surface area (Å²) in [5.74, 6) is 0.858. The lowest BCUT2D eigenvalue weighted by atomic mass is 10.1. The molecule has 0 atom stereocenters. The van der Waals surface area contributed by atoms with Gasteiger partial charge in [0, 0.05) is 16.6 Å². The van der Waals surface area contributed by atoms with E-state index in [4.69, 9.17) is 27.9 Å². The minimum Gasteiger partial charge on any atom is -0.490 e. The highest BCUT2D eigenvalue weighted by molar-refractivity contribution is 6.35. The first-order valence-electron chi connectivity index (χ1n) is 7.16. The van der Waals surface area contributed by atoms with Gasteiger partial charge in [-0.2, -0.15) is 0 Å². The molecule has 0 heterocycles. The molecule has 2 rings (SSSR count). The van der Waals surface area contributed by atoms with Crippen LogP contribution in [-0.4, -0.2) is 13.2 Å². The van der Waals surface area contributed by atoms with Gasteiger partial charge in [0.25, 0.3) is 0 Å². The first-order valence-corrected chi connectivity index (χ1v) is 7.92. The van der Waals surface area contributed by atoms with E-state index >= 15 is 0 Å². The summed E-state index contributed by atoms with van der Waals surface area (Å²) in [6.45, 7) is 5.82. The quantitative estimate of drug-likeness (QED) is 0.500. The molecule has 0 bridgehead atoms. The number of hydrogen-bond donors (Lipinski definition) is 1. The highest BCUT2D eigenvalue weighted by Crippen LogP contribution is 2.21. The Labute approximate surface area is 153 Å². The van der Waals surface area contributed by atoms with Crippen molar-refractivity contribution in [1.82, 2.24) is 5.32 Å². The molecule has 124 valence electrons. The third-order valence-electron chi connectivity index (χ3n) is 3.21. The molecule has 0 unspecified atom stereocenters. The lowest BCUT2D eigenvalue weighted by molar-refractivity contribution is 0.363. The Balaban J connectivity index is 0.00000264. The van der Waals surface area contributed by atoms with Crippen LogP contribution in [0.1, 0.15) is 11.1 Å². The summed E-state index contributed by atoms with van der Waals surface area (Å²) < 4.78 is 5.45. The normalized spacial score (nSPS) is 10.0. The fraction of sp³-hybridized carbons (Fsp3) is 0.222. The second-order valence-electron chi connectivity index (χ2n) is 4.91. The highest BCUT2D eigenvalue weighted by Gasteiger charge is 2.01. The number of benzene rings is 2. The maximum Gasteiger partial charge on any atom is 0.119 e. The zero-order chi connectivity index (χ0) is 15.8. The molecule has 2 aromatic carbocycles. The second-order valence-corrected chi connectivity index (χ2v) is 5.75. The van der Waals surface area contributed by atoms with E-state index in [0.717, 1.165) is 35.8 Å². The first-order chi connectivity index (χ1) is 10.7. The van der Waals surface area contributed by atoms with E-state index in [2.05, 4.69) is 24.0 Å². The molecule has 5 heteroatoms. The topological polar surface area (TPSA) is 21.3 Å². The van der Waals surface area contributed by atoms with E-state index in [9.17, 15) is 0 Å². The number of rotatable bonds is 8. The van der Waals surface area contributed by atoms with Gasteiger partial charge >= 0.3 is 0 Å². The van der Waals surface area contributed by atoms with Crippen molar-refractivity contribution in [3.8, 4) is 5.75 Å². The van der Waals surface area contributed by atoms with Crippen molar-refractivity contribution >= 4 is 35.6 Å². The van der Waals surface area contributed by atoms with Gasteiger partial charge in [0.15, 0.2) is 0 Å². The predicted molar refractivity (Wildman–Crippen MR) is 101 cm³/mol. The van der Waals surface area contributed by atoms with Crippen LogP contribution < -0.4 is 10.1 Å². The minimum absolute atomic E-state index is 0. The third kappa shape index (κ3) is 6.84. The van der Waals surface area contributed by atoms with Gasteiger partial charge in [-0.1, -0.05) is 54.1 Å². The molecular formula is C18H20Cl3NO. The highest BCUT2D eigenvalue weighted by atomic mass is 35.5. The van der Waals surface area contributed by atoms with E-state index in [0.29, 0.717) is 11.6 Å². The van der Waals surface area contributed by atoms with Gasteiger partial charge in [0.1, 0.15) is 12.4 Å². The number of hydrogen-bond acceptors (Lipinski definition) is 2. The summed E-state index contributed by atoms with van der Waals surface area (Å²) in [7, 11) is 0. The maximum atomic E-state index is 6.15. The van der Waals surface area contributed by atoms with Crippen molar-refractivity contribution in [1.29, 1.82) is 0 Å². The average Bonchev–Trinajstić information content (AvgIpc) is 2.52. The second kappa shape index (κ2) is 10.6. The standard InChI is InChI=1S/C18H19Cl2NO.ClH/c1-2-11-22-17-7-3-14(4-8-17)13-21-10-9-15-5-6-16(19)12-18(15)20;/h2-8,12,21H,1,9-11,13H2;1H. The minimum atomic E-state index is 0. The van der Waals surface area contributed by atoms with Gasteiger partial charge in [-0.25, -0.2) is 0 Å². The molecule has 1 N–H and O–H groups in total. The van der Waals surface area contributed by atoms with Crippen LogP contribution in [0.4, 0.5) is 0 Å². The van der Waals surface area contributed by atoms with Crippen LogP contribution in [0.15, 0.2) is 55.1 Å². The van der Waals surface area contributed by atoms with Crippen LogP contribution in [0.3, 0.4) is 0 Å². The summed E-state index contributed by atoms with van der Waals surface area (Å²) in [6, 6.07) is 13.7. The van der Waals surface area contributed by atoms with Crippen LogP contribution in [0.25, 0.3) is 0 Å². The molecule has 0 radical (unpaired) electrons. The summed E-state index contributed by atoms with van der Waals surface area (Å²) >= 11 is 12.0. The maximum absolute atomic E-state index is 6.15. The van der Waals surface area contributed by atoms with E-state index in [-0.39, 0.29) is 12.4 Å². The van der Waals surface area contributed by atoms with Crippen molar-refractivity contribution in [2.75, 3.05) is 13.2 Å². The Morgan fingerprint density at radius 3 is 2.48 bits per heavy atom. The molecular weight excluding hydrogens is 353 g/mol. The van der Waals surface area contributed by atoms with Crippen molar-refractivity contribution in [3.63, 3.8) is 0 Å². The molecule has 2 nitrogen and oxygen atoms in total. The molecule has 0 aliphatic rings.